The van der Waals surface area contributed by atoms with Crippen molar-refractivity contribution in [2.45, 2.75) is 13.0 Å². The van der Waals surface area contributed by atoms with Crippen molar-refractivity contribution in [3.05, 3.63) is 130 Å². The molecule has 182 valence electrons. The highest BCUT2D eigenvalue weighted by molar-refractivity contribution is 7.15. The SMILES string of the molecule is O=C(c1ccc2ccccc2c1)N(CCc1csc2nc(-c3ccc(Cl)cc3)cn12)Cc1ccccc1. The molecule has 2 aromatic heterocycles. The van der Waals surface area contributed by atoms with Crippen LogP contribution in [0.25, 0.3) is 27.0 Å². The van der Waals surface area contributed by atoms with Crippen LogP contribution in [0.2, 0.25) is 5.02 Å². The molecule has 4 aromatic carbocycles. The Morgan fingerprint density at radius 2 is 1.65 bits per heavy atom. The zero-order valence-electron chi connectivity index (χ0n) is 20.0. The summed E-state index contributed by atoms with van der Waals surface area (Å²) < 4.78 is 2.13. The molecule has 6 rings (SSSR count). The fourth-order valence-electron chi connectivity index (χ4n) is 4.58. The van der Waals surface area contributed by atoms with Crippen LogP contribution in [0.15, 0.2) is 109 Å². The van der Waals surface area contributed by atoms with E-state index in [2.05, 4.69) is 34.2 Å². The number of hydrogen-bond donors (Lipinski definition) is 0. The highest BCUT2D eigenvalue weighted by Gasteiger charge is 2.18. The number of carbonyl (C=O) groups is 1. The first kappa shape index (κ1) is 23.5. The van der Waals surface area contributed by atoms with E-state index in [4.69, 9.17) is 16.6 Å². The van der Waals surface area contributed by atoms with Gasteiger partial charge in [-0.1, -0.05) is 84.4 Å². The summed E-state index contributed by atoms with van der Waals surface area (Å²) in [6, 6.07) is 32.0. The Balaban J connectivity index is 1.27. The second-order valence-corrected chi connectivity index (χ2v) is 10.3. The molecule has 0 bridgehead atoms. The van der Waals surface area contributed by atoms with E-state index < -0.39 is 0 Å². The average molecular weight is 522 g/mol. The molecule has 0 spiro atoms. The van der Waals surface area contributed by atoms with E-state index in [0.717, 1.165) is 44.7 Å². The summed E-state index contributed by atoms with van der Waals surface area (Å²) in [5.74, 6) is 0.0357. The number of amides is 1. The summed E-state index contributed by atoms with van der Waals surface area (Å²) in [6.07, 6.45) is 2.79. The van der Waals surface area contributed by atoms with Gasteiger partial charge in [-0.2, -0.15) is 0 Å². The van der Waals surface area contributed by atoms with Gasteiger partial charge in [0.15, 0.2) is 4.96 Å². The quantitative estimate of drug-likeness (QED) is 0.215. The third-order valence-corrected chi connectivity index (χ3v) is 7.70. The highest BCUT2D eigenvalue weighted by Crippen LogP contribution is 2.26. The summed E-state index contributed by atoms with van der Waals surface area (Å²) >= 11 is 7.67. The van der Waals surface area contributed by atoms with E-state index in [-0.39, 0.29) is 5.91 Å². The third-order valence-electron chi connectivity index (χ3n) is 6.56. The van der Waals surface area contributed by atoms with Gasteiger partial charge in [0.05, 0.1) is 5.69 Å². The van der Waals surface area contributed by atoms with Crippen molar-refractivity contribution in [3.63, 3.8) is 0 Å². The van der Waals surface area contributed by atoms with E-state index in [1.807, 2.05) is 83.8 Å². The van der Waals surface area contributed by atoms with Crippen LogP contribution in [-0.4, -0.2) is 26.7 Å². The number of rotatable bonds is 7. The van der Waals surface area contributed by atoms with Gasteiger partial charge in [-0.15, -0.1) is 11.3 Å². The monoisotopic (exact) mass is 521 g/mol. The van der Waals surface area contributed by atoms with E-state index in [1.165, 1.54) is 0 Å². The molecule has 6 heteroatoms. The largest absolute Gasteiger partial charge is 0.334 e. The van der Waals surface area contributed by atoms with Crippen molar-refractivity contribution in [1.29, 1.82) is 0 Å². The minimum atomic E-state index is 0.0357. The van der Waals surface area contributed by atoms with Gasteiger partial charge >= 0.3 is 0 Å². The molecule has 6 aromatic rings. The number of aromatic nitrogens is 2. The minimum Gasteiger partial charge on any atom is -0.334 e. The minimum absolute atomic E-state index is 0.0357. The zero-order chi connectivity index (χ0) is 25.2. The Morgan fingerprint density at radius 3 is 2.46 bits per heavy atom. The van der Waals surface area contributed by atoms with Gasteiger partial charge in [0.25, 0.3) is 5.91 Å². The summed E-state index contributed by atoms with van der Waals surface area (Å²) in [7, 11) is 0. The number of nitrogens with zero attached hydrogens (tertiary/aromatic N) is 3. The van der Waals surface area contributed by atoms with E-state index in [0.29, 0.717) is 23.7 Å². The maximum absolute atomic E-state index is 13.7. The van der Waals surface area contributed by atoms with Gasteiger partial charge in [-0.3, -0.25) is 9.20 Å². The van der Waals surface area contributed by atoms with Gasteiger partial charge in [-0.05, 0) is 40.6 Å². The van der Waals surface area contributed by atoms with Gasteiger partial charge in [0.2, 0.25) is 0 Å². The molecule has 0 saturated carbocycles. The average Bonchev–Trinajstić information content (AvgIpc) is 3.53. The third kappa shape index (κ3) is 5.01. The molecule has 0 atom stereocenters. The van der Waals surface area contributed by atoms with Crippen LogP contribution in [0, 0.1) is 0 Å². The molecule has 2 heterocycles. The van der Waals surface area contributed by atoms with Crippen LogP contribution >= 0.6 is 22.9 Å². The van der Waals surface area contributed by atoms with Crippen molar-refractivity contribution in [1.82, 2.24) is 14.3 Å². The fourth-order valence-corrected chi connectivity index (χ4v) is 5.61. The Kier molecular flexibility index (Phi) is 6.47. The highest BCUT2D eigenvalue weighted by atomic mass is 35.5. The maximum atomic E-state index is 13.7. The van der Waals surface area contributed by atoms with Crippen LogP contribution < -0.4 is 0 Å². The first-order valence-corrected chi connectivity index (χ1v) is 13.4. The van der Waals surface area contributed by atoms with Crippen LogP contribution in [0.3, 0.4) is 0 Å². The van der Waals surface area contributed by atoms with Crippen LogP contribution in [0.5, 0.6) is 0 Å². The zero-order valence-corrected chi connectivity index (χ0v) is 21.6. The van der Waals surface area contributed by atoms with Gasteiger partial charge in [0.1, 0.15) is 0 Å². The molecule has 0 fully saturated rings. The fraction of sp³-hybridized carbons (Fsp3) is 0.0968. The summed E-state index contributed by atoms with van der Waals surface area (Å²) in [5.41, 5.74) is 4.90. The molecule has 0 saturated heterocycles. The number of fused-ring (bicyclic) bond motifs is 2. The number of imidazole rings is 1. The molecule has 4 nitrogen and oxygen atoms in total. The Hall–Kier alpha value is -3.93. The summed E-state index contributed by atoms with van der Waals surface area (Å²) in [5, 5.41) is 5.04. The molecule has 0 aliphatic carbocycles. The summed E-state index contributed by atoms with van der Waals surface area (Å²) in [6.45, 7) is 1.15. The first-order chi connectivity index (χ1) is 18.1. The predicted octanol–water partition coefficient (Wildman–Crippen LogP) is 7.75. The predicted molar refractivity (Wildman–Crippen MR) is 152 cm³/mol. The molecule has 0 aliphatic heterocycles. The number of halogens is 1. The topological polar surface area (TPSA) is 37.6 Å². The molecule has 0 unspecified atom stereocenters. The van der Waals surface area contributed by atoms with Crippen molar-refractivity contribution < 1.29 is 4.79 Å². The molecule has 0 aliphatic rings. The van der Waals surface area contributed by atoms with E-state index >= 15 is 0 Å². The molecular formula is C31H24ClN3OS. The normalized spacial score (nSPS) is 11.3. The Bertz CT molecular complexity index is 1690. The second kappa shape index (κ2) is 10.2. The number of thiazole rings is 1. The lowest BCUT2D eigenvalue weighted by atomic mass is 10.1. The van der Waals surface area contributed by atoms with Gasteiger partial charge < -0.3 is 4.90 Å². The standard InChI is InChI=1S/C31H24ClN3OS/c32-27-14-12-24(13-15-27)29-20-35-28(21-37-31(35)33-29)16-17-34(19-22-6-2-1-3-7-22)30(36)26-11-10-23-8-4-5-9-25(23)18-26/h1-15,18,20-21H,16-17,19H2. The van der Waals surface area contributed by atoms with Gasteiger partial charge in [0, 0.05) is 52.9 Å². The summed E-state index contributed by atoms with van der Waals surface area (Å²) in [4.78, 5) is 21.4. The number of hydrogen-bond acceptors (Lipinski definition) is 3. The smallest absolute Gasteiger partial charge is 0.254 e. The maximum Gasteiger partial charge on any atom is 0.254 e. The molecule has 1 amide bonds. The Labute approximate surface area is 224 Å². The molecule has 0 N–H and O–H groups in total. The lowest BCUT2D eigenvalue weighted by Gasteiger charge is -2.23. The molecule has 37 heavy (non-hydrogen) atoms. The molecular weight excluding hydrogens is 498 g/mol. The van der Waals surface area contributed by atoms with Crippen molar-refractivity contribution in [3.8, 4) is 11.3 Å². The number of benzene rings is 4. The van der Waals surface area contributed by atoms with E-state index in [1.54, 1.807) is 11.3 Å². The van der Waals surface area contributed by atoms with Crippen molar-refractivity contribution >= 4 is 44.6 Å². The van der Waals surface area contributed by atoms with Crippen molar-refractivity contribution in [2.24, 2.45) is 0 Å². The van der Waals surface area contributed by atoms with Gasteiger partial charge in [-0.25, -0.2) is 4.98 Å². The Morgan fingerprint density at radius 1 is 0.892 bits per heavy atom. The first-order valence-electron chi connectivity index (χ1n) is 12.2. The second-order valence-electron chi connectivity index (χ2n) is 9.04. The van der Waals surface area contributed by atoms with Crippen LogP contribution in [0.4, 0.5) is 0 Å². The van der Waals surface area contributed by atoms with Crippen molar-refractivity contribution in [2.75, 3.05) is 6.54 Å². The lowest BCUT2D eigenvalue weighted by Crippen LogP contribution is -2.32. The number of carbonyl (C=O) groups excluding carboxylic acids is 1. The molecule has 0 radical (unpaired) electrons. The van der Waals surface area contributed by atoms with Crippen LogP contribution in [-0.2, 0) is 13.0 Å². The van der Waals surface area contributed by atoms with Crippen LogP contribution in [0.1, 0.15) is 21.6 Å². The lowest BCUT2D eigenvalue weighted by molar-refractivity contribution is 0.0745. The van der Waals surface area contributed by atoms with E-state index in [9.17, 15) is 4.79 Å².